The smallest absolute Gasteiger partial charge is 0.115 e. The van der Waals surface area contributed by atoms with Crippen LogP contribution in [0.2, 0.25) is 0 Å². The van der Waals surface area contributed by atoms with Crippen molar-refractivity contribution in [3.05, 3.63) is 85.0 Å². The summed E-state index contributed by atoms with van der Waals surface area (Å²) >= 11 is 0. The van der Waals surface area contributed by atoms with Gasteiger partial charge in [-0.15, -0.1) is 13.2 Å². The van der Waals surface area contributed by atoms with Crippen LogP contribution in [0, 0.1) is 11.8 Å². The van der Waals surface area contributed by atoms with Gasteiger partial charge < -0.3 is 10.2 Å². The second-order valence-corrected chi connectivity index (χ2v) is 6.98. The van der Waals surface area contributed by atoms with Crippen LogP contribution in [0.25, 0.3) is 0 Å². The van der Waals surface area contributed by atoms with Gasteiger partial charge in [0.25, 0.3) is 0 Å². The van der Waals surface area contributed by atoms with Crippen LogP contribution < -0.4 is 0 Å². The van der Waals surface area contributed by atoms with Crippen LogP contribution in [-0.4, -0.2) is 10.2 Å². The van der Waals surface area contributed by atoms with E-state index < -0.39 is 0 Å². The van der Waals surface area contributed by atoms with Gasteiger partial charge in [0.05, 0.1) is 0 Å². The maximum Gasteiger partial charge on any atom is 0.115 e. The number of aromatic hydroxyl groups is 2. The van der Waals surface area contributed by atoms with Gasteiger partial charge in [-0.05, 0) is 72.9 Å². The lowest BCUT2D eigenvalue weighted by molar-refractivity contribution is 0.298. The van der Waals surface area contributed by atoms with Crippen molar-refractivity contribution in [3.8, 4) is 11.5 Å². The van der Waals surface area contributed by atoms with Crippen LogP contribution in [0.3, 0.4) is 0 Å². The minimum absolute atomic E-state index is 0.163. The van der Waals surface area contributed by atoms with Crippen molar-refractivity contribution in [1.82, 2.24) is 0 Å². The maximum absolute atomic E-state index is 9.76. The Morgan fingerprint density at radius 3 is 1.44 bits per heavy atom. The predicted molar refractivity (Wildman–Crippen MR) is 103 cm³/mol. The zero-order valence-electron chi connectivity index (χ0n) is 14.6. The first kappa shape index (κ1) is 17.3. The number of benzene rings is 2. The number of phenolic OH excluding ortho intramolecular Hbond substituents is 2. The second kappa shape index (κ2) is 7.18. The molecule has 3 rings (SSSR count). The van der Waals surface area contributed by atoms with Gasteiger partial charge in [-0.25, -0.2) is 0 Å². The Labute approximate surface area is 150 Å². The van der Waals surface area contributed by atoms with Crippen LogP contribution in [0.5, 0.6) is 11.5 Å². The van der Waals surface area contributed by atoms with Gasteiger partial charge in [0.2, 0.25) is 0 Å². The molecule has 1 aliphatic rings. The fraction of sp³-hybridized carbons (Fsp3) is 0.304. The molecule has 1 aliphatic carbocycles. The first-order chi connectivity index (χ1) is 12.1. The van der Waals surface area contributed by atoms with E-state index in [-0.39, 0.29) is 16.9 Å². The van der Waals surface area contributed by atoms with Crippen molar-refractivity contribution in [3.63, 3.8) is 0 Å². The molecule has 1 fully saturated rings. The molecule has 2 aromatic rings. The molecule has 0 bridgehead atoms. The monoisotopic (exact) mass is 334 g/mol. The summed E-state index contributed by atoms with van der Waals surface area (Å²) in [6.45, 7) is 7.95. The van der Waals surface area contributed by atoms with E-state index in [0.29, 0.717) is 11.8 Å². The van der Waals surface area contributed by atoms with Gasteiger partial charge >= 0.3 is 0 Å². The number of hydrogen-bond acceptors (Lipinski definition) is 2. The number of hydrogen-bond donors (Lipinski definition) is 2. The molecular weight excluding hydrogens is 308 g/mol. The third-order valence-corrected chi connectivity index (χ3v) is 5.74. The van der Waals surface area contributed by atoms with E-state index in [0.717, 1.165) is 25.7 Å². The Kier molecular flexibility index (Phi) is 4.98. The van der Waals surface area contributed by atoms with E-state index in [1.54, 1.807) is 24.3 Å². The molecule has 0 aromatic heterocycles. The summed E-state index contributed by atoms with van der Waals surface area (Å²) in [4.78, 5) is 0. The van der Waals surface area contributed by atoms with Crippen molar-refractivity contribution in [2.24, 2.45) is 11.8 Å². The molecule has 0 saturated heterocycles. The summed E-state index contributed by atoms with van der Waals surface area (Å²) in [5.74, 6) is 1.43. The minimum atomic E-state index is -0.163. The quantitative estimate of drug-likeness (QED) is 0.679. The average Bonchev–Trinajstić information content (AvgIpc) is 2.96. The molecule has 2 nitrogen and oxygen atoms in total. The van der Waals surface area contributed by atoms with Crippen molar-refractivity contribution < 1.29 is 10.2 Å². The van der Waals surface area contributed by atoms with Gasteiger partial charge in [0, 0.05) is 5.41 Å². The largest absolute Gasteiger partial charge is 0.508 e. The Bertz CT molecular complexity index is 662. The van der Waals surface area contributed by atoms with E-state index in [9.17, 15) is 10.2 Å². The third-order valence-electron chi connectivity index (χ3n) is 5.74. The zero-order valence-corrected chi connectivity index (χ0v) is 14.6. The SMILES string of the molecule is C=CCC1CCC(CC=C)C1(c1ccc(O)cc1)c1ccc(O)cc1. The molecule has 2 aromatic carbocycles. The topological polar surface area (TPSA) is 40.5 Å². The Morgan fingerprint density at radius 2 is 1.12 bits per heavy atom. The van der Waals surface area contributed by atoms with Gasteiger partial charge in [0.1, 0.15) is 11.5 Å². The Hall–Kier alpha value is -2.48. The van der Waals surface area contributed by atoms with E-state index in [1.165, 1.54) is 11.1 Å². The number of rotatable bonds is 6. The molecule has 0 radical (unpaired) electrons. The first-order valence-corrected chi connectivity index (χ1v) is 8.93. The van der Waals surface area contributed by atoms with Gasteiger partial charge in [0.15, 0.2) is 0 Å². The summed E-state index contributed by atoms with van der Waals surface area (Å²) in [5.41, 5.74) is 2.27. The molecule has 0 heterocycles. The molecule has 2 N–H and O–H groups in total. The van der Waals surface area contributed by atoms with Gasteiger partial charge in [-0.3, -0.25) is 0 Å². The summed E-state index contributed by atoms with van der Waals surface area (Å²) in [5, 5.41) is 19.5. The Balaban J connectivity index is 2.24. The van der Waals surface area contributed by atoms with Gasteiger partial charge in [-0.2, -0.15) is 0 Å². The lowest BCUT2D eigenvalue weighted by atomic mass is 9.61. The normalized spacial score (nSPS) is 21.8. The third kappa shape index (κ3) is 2.97. The second-order valence-electron chi connectivity index (χ2n) is 6.98. The minimum Gasteiger partial charge on any atom is -0.508 e. The van der Waals surface area contributed by atoms with Crippen molar-refractivity contribution >= 4 is 0 Å². The van der Waals surface area contributed by atoms with Crippen LogP contribution in [-0.2, 0) is 5.41 Å². The average molecular weight is 334 g/mol. The predicted octanol–water partition coefficient (Wildman–Crippen LogP) is 5.56. The summed E-state index contributed by atoms with van der Waals surface area (Å²) < 4.78 is 0. The standard InChI is InChI=1S/C23H26O2/c1-3-5-17-7-8-18(6-4-2)23(17,19-9-13-21(24)14-10-19)20-11-15-22(25)16-12-20/h3-4,9-18,24-25H,1-2,5-8H2. The summed E-state index contributed by atoms with van der Waals surface area (Å²) in [6, 6.07) is 15.2. The van der Waals surface area contributed by atoms with Crippen LogP contribution in [0.15, 0.2) is 73.8 Å². The van der Waals surface area contributed by atoms with E-state index in [2.05, 4.69) is 13.2 Å². The molecule has 0 amide bonds. The molecule has 2 unspecified atom stereocenters. The molecule has 0 aliphatic heterocycles. The van der Waals surface area contributed by atoms with E-state index in [1.807, 2.05) is 36.4 Å². The number of allylic oxidation sites excluding steroid dienone is 2. The summed E-state index contributed by atoms with van der Waals surface area (Å²) in [7, 11) is 0. The van der Waals surface area contributed by atoms with Gasteiger partial charge in [-0.1, -0.05) is 36.4 Å². The lowest BCUT2D eigenvalue weighted by Crippen LogP contribution is -2.38. The molecule has 2 atom stereocenters. The first-order valence-electron chi connectivity index (χ1n) is 8.93. The Morgan fingerprint density at radius 1 is 0.760 bits per heavy atom. The van der Waals surface area contributed by atoms with E-state index in [4.69, 9.17) is 0 Å². The highest BCUT2D eigenvalue weighted by atomic mass is 16.3. The zero-order chi connectivity index (χ0) is 17.9. The molecular formula is C23H26O2. The van der Waals surface area contributed by atoms with Crippen LogP contribution >= 0.6 is 0 Å². The lowest BCUT2D eigenvalue weighted by Gasteiger charge is -2.42. The molecule has 2 heteroatoms. The summed E-state index contributed by atoms with van der Waals surface area (Å²) in [6.07, 6.45) is 8.16. The highest BCUT2D eigenvalue weighted by Gasteiger charge is 2.51. The fourth-order valence-corrected chi connectivity index (χ4v) is 4.78. The number of phenols is 2. The highest BCUT2D eigenvalue weighted by molar-refractivity contribution is 5.46. The maximum atomic E-state index is 9.76. The molecule has 25 heavy (non-hydrogen) atoms. The van der Waals surface area contributed by atoms with Crippen LogP contribution in [0.4, 0.5) is 0 Å². The van der Waals surface area contributed by atoms with Crippen molar-refractivity contribution in [1.29, 1.82) is 0 Å². The van der Waals surface area contributed by atoms with Crippen molar-refractivity contribution in [2.75, 3.05) is 0 Å². The molecule has 0 spiro atoms. The fourth-order valence-electron chi connectivity index (χ4n) is 4.78. The van der Waals surface area contributed by atoms with Crippen LogP contribution in [0.1, 0.15) is 36.8 Å². The molecule has 130 valence electrons. The van der Waals surface area contributed by atoms with E-state index >= 15 is 0 Å². The van der Waals surface area contributed by atoms with Crippen molar-refractivity contribution in [2.45, 2.75) is 31.1 Å². The molecule has 1 saturated carbocycles. The highest BCUT2D eigenvalue weighted by Crippen LogP contribution is 2.56.